The molecule has 6 heteroatoms. The van der Waals surface area contributed by atoms with Gasteiger partial charge in [0.15, 0.2) is 0 Å². The minimum absolute atomic E-state index is 0.107. The minimum atomic E-state index is 0.107. The molecule has 4 rings (SSSR count). The molecule has 1 aromatic heterocycles. The molecule has 0 saturated carbocycles. The van der Waals surface area contributed by atoms with Gasteiger partial charge in [0, 0.05) is 25.2 Å². The SMILES string of the molecule is COc1ccc(CCn2cc([C@@H]3CCNC[C@H]3OCc3ccccc3)nn2)cc1. The molecular weight excluding hydrogens is 364 g/mol. The summed E-state index contributed by atoms with van der Waals surface area (Å²) < 4.78 is 13.4. The highest BCUT2D eigenvalue weighted by Crippen LogP contribution is 2.27. The Balaban J connectivity index is 1.35. The number of rotatable bonds is 8. The van der Waals surface area contributed by atoms with Gasteiger partial charge < -0.3 is 14.8 Å². The molecule has 29 heavy (non-hydrogen) atoms. The van der Waals surface area contributed by atoms with E-state index in [0.717, 1.165) is 43.9 Å². The smallest absolute Gasteiger partial charge is 0.118 e. The topological polar surface area (TPSA) is 61.2 Å². The van der Waals surface area contributed by atoms with Crippen molar-refractivity contribution >= 4 is 0 Å². The highest BCUT2D eigenvalue weighted by Gasteiger charge is 2.29. The highest BCUT2D eigenvalue weighted by atomic mass is 16.5. The van der Waals surface area contributed by atoms with Gasteiger partial charge in [0.1, 0.15) is 5.75 Å². The molecule has 0 radical (unpaired) electrons. The van der Waals surface area contributed by atoms with E-state index in [1.807, 2.05) is 35.0 Å². The normalized spacial score (nSPS) is 19.2. The zero-order chi connectivity index (χ0) is 19.9. The standard InChI is InChI=1S/C23H28N4O2/c1-28-20-9-7-18(8-10-20)12-14-27-16-22(25-26-27)21-11-13-24-15-23(21)29-17-19-5-3-2-4-6-19/h2-10,16,21,23-24H,11-15,17H2,1H3/t21-,23+/m0/s1. The summed E-state index contributed by atoms with van der Waals surface area (Å²) in [5, 5.41) is 12.3. The maximum atomic E-state index is 6.25. The number of methoxy groups -OCH3 is 1. The first-order valence-electron chi connectivity index (χ1n) is 10.2. The summed E-state index contributed by atoms with van der Waals surface area (Å²) in [6.45, 7) is 3.25. The Morgan fingerprint density at radius 3 is 2.69 bits per heavy atom. The first-order chi connectivity index (χ1) is 14.3. The fourth-order valence-electron chi connectivity index (χ4n) is 3.75. The number of hydrogen-bond donors (Lipinski definition) is 1. The van der Waals surface area contributed by atoms with Gasteiger partial charge in [-0.05, 0) is 42.6 Å². The van der Waals surface area contributed by atoms with E-state index in [9.17, 15) is 0 Å². The number of nitrogens with zero attached hydrogens (tertiary/aromatic N) is 3. The Labute approximate surface area is 171 Å². The quantitative estimate of drug-likeness (QED) is 0.638. The largest absolute Gasteiger partial charge is 0.497 e. The third-order valence-electron chi connectivity index (χ3n) is 5.46. The van der Waals surface area contributed by atoms with Crippen molar-refractivity contribution in [3.8, 4) is 5.75 Å². The van der Waals surface area contributed by atoms with Crippen molar-refractivity contribution < 1.29 is 9.47 Å². The first-order valence-corrected chi connectivity index (χ1v) is 10.2. The van der Waals surface area contributed by atoms with Gasteiger partial charge in [-0.3, -0.25) is 4.68 Å². The second kappa shape index (κ2) is 9.67. The van der Waals surface area contributed by atoms with Crippen LogP contribution in [-0.2, 0) is 24.3 Å². The number of benzene rings is 2. The van der Waals surface area contributed by atoms with Crippen LogP contribution < -0.4 is 10.1 Å². The maximum absolute atomic E-state index is 6.25. The Bertz CT molecular complexity index is 879. The molecule has 2 aromatic carbocycles. The number of ether oxygens (including phenoxy) is 2. The molecule has 0 bridgehead atoms. The summed E-state index contributed by atoms with van der Waals surface area (Å²) >= 11 is 0. The third-order valence-corrected chi connectivity index (χ3v) is 5.46. The number of piperidine rings is 1. The molecule has 0 aliphatic carbocycles. The van der Waals surface area contributed by atoms with Crippen LogP contribution in [0.3, 0.4) is 0 Å². The molecule has 6 nitrogen and oxygen atoms in total. The van der Waals surface area contributed by atoms with Crippen molar-refractivity contribution in [1.29, 1.82) is 0 Å². The Kier molecular flexibility index (Phi) is 6.54. The lowest BCUT2D eigenvalue weighted by Gasteiger charge is -2.30. The molecule has 2 atom stereocenters. The van der Waals surface area contributed by atoms with Crippen LogP contribution in [0.1, 0.15) is 29.2 Å². The molecule has 1 fully saturated rings. The lowest BCUT2D eigenvalue weighted by Crippen LogP contribution is -2.41. The lowest BCUT2D eigenvalue weighted by molar-refractivity contribution is 0.00965. The van der Waals surface area contributed by atoms with E-state index in [1.54, 1.807) is 7.11 Å². The summed E-state index contributed by atoms with van der Waals surface area (Å²) in [6, 6.07) is 18.5. The number of nitrogens with one attached hydrogen (secondary N) is 1. The van der Waals surface area contributed by atoms with Crippen molar-refractivity contribution in [3.05, 3.63) is 77.6 Å². The summed E-state index contributed by atoms with van der Waals surface area (Å²) in [5.41, 5.74) is 3.48. The van der Waals surface area contributed by atoms with Crippen LogP contribution in [0, 0.1) is 0 Å². The third kappa shape index (κ3) is 5.22. The van der Waals surface area contributed by atoms with E-state index in [-0.39, 0.29) is 12.0 Å². The molecule has 1 aliphatic rings. The monoisotopic (exact) mass is 392 g/mol. The molecular formula is C23H28N4O2. The second-order valence-corrected chi connectivity index (χ2v) is 7.44. The Morgan fingerprint density at radius 1 is 1.07 bits per heavy atom. The van der Waals surface area contributed by atoms with Crippen LogP contribution in [0.15, 0.2) is 60.8 Å². The zero-order valence-corrected chi connectivity index (χ0v) is 16.8. The predicted molar refractivity (Wildman–Crippen MR) is 112 cm³/mol. The van der Waals surface area contributed by atoms with Gasteiger partial charge in [0.25, 0.3) is 0 Å². The van der Waals surface area contributed by atoms with E-state index in [1.165, 1.54) is 11.1 Å². The molecule has 3 aromatic rings. The van der Waals surface area contributed by atoms with Gasteiger partial charge in [-0.2, -0.15) is 0 Å². The average Bonchev–Trinajstić information content (AvgIpc) is 3.26. The van der Waals surface area contributed by atoms with Gasteiger partial charge in [-0.15, -0.1) is 5.10 Å². The molecule has 0 unspecified atom stereocenters. The van der Waals surface area contributed by atoms with Crippen molar-refractivity contribution in [2.75, 3.05) is 20.2 Å². The van der Waals surface area contributed by atoms with Gasteiger partial charge in [-0.25, -0.2) is 0 Å². The van der Waals surface area contributed by atoms with Gasteiger partial charge in [0.2, 0.25) is 0 Å². The van der Waals surface area contributed by atoms with E-state index in [4.69, 9.17) is 9.47 Å². The molecule has 1 N–H and O–H groups in total. The number of aryl methyl sites for hydroxylation is 2. The maximum Gasteiger partial charge on any atom is 0.118 e. The number of hydrogen-bond acceptors (Lipinski definition) is 5. The molecule has 1 saturated heterocycles. The minimum Gasteiger partial charge on any atom is -0.497 e. The van der Waals surface area contributed by atoms with Gasteiger partial charge in [0.05, 0.1) is 25.5 Å². The van der Waals surface area contributed by atoms with Crippen molar-refractivity contribution in [2.45, 2.75) is 38.0 Å². The molecule has 1 aliphatic heterocycles. The van der Waals surface area contributed by atoms with Crippen LogP contribution in [0.25, 0.3) is 0 Å². The van der Waals surface area contributed by atoms with Crippen molar-refractivity contribution in [1.82, 2.24) is 20.3 Å². The van der Waals surface area contributed by atoms with Crippen molar-refractivity contribution in [2.24, 2.45) is 0 Å². The van der Waals surface area contributed by atoms with Crippen LogP contribution in [0.5, 0.6) is 5.75 Å². The summed E-state index contributed by atoms with van der Waals surface area (Å²) in [7, 11) is 1.68. The second-order valence-electron chi connectivity index (χ2n) is 7.44. The van der Waals surface area contributed by atoms with E-state index in [0.29, 0.717) is 6.61 Å². The molecule has 0 spiro atoms. The van der Waals surface area contributed by atoms with Crippen LogP contribution >= 0.6 is 0 Å². The Hall–Kier alpha value is -2.70. The fraction of sp³-hybridized carbons (Fsp3) is 0.391. The van der Waals surface area contributed by atoms with Crippen LogP contribution in [0.2, 0.25) is 0 Å². The predicted octanol–water partition coefficient (Wildman–Crippen LogP) is 3.19. The van der Waals surface area contributed by atoms with Gasteiger partial charge >= 0.3 is 0 Å². The summed E-state index contributed by atoms with van der Waals surface area (Å²) in [4.78, 5) is 0. The van der Waals surface area contributed by atoms with Crippen LogP contribution in [0.4, 0.5) is 0 Å². The summed E-state index contributed by atoms with van der Waals surface area (Å²) in [6.07, 6.45) is 4.11. The number of aromatic nitrogens is 3. The van der Waals surface area contributed by atoms with Crippen LogP contribution in [-0.4, -0.2) is 41.3 Å². The highest BCUT2D eigenvalue weighted by molar-refractivity contribution is 5.27. The van der Waals surface area contributed by atoms with Crippen molar-refractivity contribution in [3.63, 3.8) is 0 Å². The molecule has 152 valence electrons. The molecule has 0 amide bonds. The van der Waals surface area contributed by atoms with Gasteiger partial charge in [-0.1, -0.05) is 47.7 Å². The van der Waals surface area contributed by atoms with E-state index in [2.05, 4.69) is 46.1 Å². The Morgan fingerprint density at radius 2 is 1.90 bits per heavy atom. The first kappa shape index (κ1) is 19.6. The lowest BCUT2D eigenvalue weighted by atomic mass is 9.92. The van der Waals surface area contributed by atoms with E-state index >= 15 is 0 Å². The zero-order valence-electron chi connectivity index (χ0n) is 16.8. The molecule has 2 heterocycles. The fourth-order valence-corrected chi connectivity index (χ4v) is 3.75. The van der Waals surface area contributed by atoms with E-state index < -0.39 is 0 Å². The average molecular weight is 393 g/mol. The summed E-state index contributed by atoms with van der Waals surface area (Å²) in [5.74, 6) is 1.15.